The summed E-state index contributed by atoms with van der Waals surface area (Å²) in [5.41, 5.74) is -0.0716. The highest BCUT2D eigenvalue weighted by molar-refractivity contribution is 5.76. The molecule has 0 aromatic carbocycles. The molecule has 0 radical (unpaired) electrons. The molecule has 0 spiro atoms. The molecule has 20 heavy (non-hydrogen) atoms. The summed E-state index contributed by atoms with van der Waals surface area (Å²) in [7, 11) is 0. The Labute approximate surface area is 120 Å². The third-order valence-corrected chi connectivity index (χ3v) is 3.57. The molecule has 1 amide bonds. The summed E-state index contributed by atoms with van der Waals surface area (Å²) in [5.74, 6) is -0.757. The van der Waals surface area contributed by atoms with Crippen molar-refractivity contribution in [2.24, 2.45) is 5.41 Å². The molecule has 1 unspecified atom stereocenters. The van der Waals surface area contributed by atoms with E-state index < -0.39 is 5.97 Å². The number of aliphatic carboxylic acids is 1. The second kappa shape index (κ2) is 8.21. The van der Waals surface area contributed by atoms with Gasteiger partial charge in [-0.2, -0.15) is 0 Å². The fourth-order valence-electron chi connectivity index (χ4n) is 2.16. The van der Waals surface area contributed by atoms with Crippen LogP contribution in [0.3, 0.4) is 0 Å². The molecule has 116 valence electrons. The Kier molecular flexibility index (Phi) is 6.95. The van der Waals surface area contributed by atoms with E-state index in [0.29, 0.717) is 32.6 Å². The highest BCUT2D eigenvalue weighted by atomic mass is 16.5. The van der Waals surface area contributed by atoms with Crippen LogP contribution < -0.4 is 10.6 Å². The van der Waals surface area contributed by atoms with Gasteiger partial charge in [0.05, 0.1) is 13.2 Å². The maximum absolute atomic E-state index is 11.8. The molecule has 1 aliphatic heterocycles. The van der Waals surface area contributed by atoms with Crippen LogP contribution in [0.15, 0.2) is 0 Å². The standard InChI is InChI=1S/C14H26N2O4/c1-14(2,4-3-13(18)19)5-6-16-12(17)9-11-10-20-8-7-15-11/h11,15H,3-10H2,1-2H3,(H,16,17)(H,18,19). The maximum atomic E-state index is 11.8. The number of morpholine rings is 1. The van der Waals surface area contributed by atoms with E-state index in [2.05, 4.69) is 10.6 Å². The van der Waals surface area contributed by atoms with E-state index in [1.807, 2.05) is 13.8 Å². The number of amides is 1. The van der Waals surface area contributed by atoms with Gasteiger partial charge in [0.25, 0.3) is 0 Å². The van der Waals surface area contributed by atoms with Gasteiger partial charge >= 0.3 is 5.97 Å². The van der Waals surface area contributed by atoms with E-state index in [4.69, 9.17) is 9.84 Å². The van der Waals surface area contributed by atoms with E-state index in [0.717, 1.165) is 13.0 Å². The molecule has 1 aliphatic rings. The van der Waals surface area contributed by atoms with Crippen LogP contribution in [0.1, 0.15) is 39.5 Å². The normalized spacial score (nSPS) is 19.6. The second-order valence-electron chi connectivity index (χ2n) is 6.09. The Balaban J connectivity index is 2.15. The minimum atomic E-state index is -0.773. The quantitative estimate of drug-likeness (QED) is 0.613. The molecule has 3 N–H and O–H groups in total. The lowest BCUT2D eigenvalue weighted by molar-refractivity contribution is -0.137. The van der Waals surface area contributed by atoms with E-state index in [1.54, 1.807) is 0 Å². The highest BCUT2D eigenvalue weighted by Crippen LogP contribution is 2.25. The average molecular weight is 286 g/mol. The molecule has 0 aromatic rings. The predicted octanol–water partition coefficient (Wildman–Crippen LogP) is 0.762. The lowest BCUT2D eigenvalue weighted by Crippen LogP contribution is -2.44. The van der Waals surface area contributed by atoms with Crippen molar-refractivity contribution in [2.75, 3.05) is 26.3 Å². The number of carbonyl (C=O) groups is 2. The van der Waals surface area contributed by atoms with Gasteiger partial charge < -0.3 is 20.5 Å². The van der Waals surface area contributed by atoms with Gasteiger partial charge in [0.1, 0.15) is 0 Å². The second-order valence-corrected chi connectivity index (χ2v) is 6.09. The Hall–Kier alpha value is -1.14. The topological polar surface area (TPSA) is 87.7 Å². The van der Waals surface area contributed by atoms with Crippen LogP contribution in [-0.4, -0.2) is 49.3 Å². The SMILES string of the molecule is CC(C)(CCNC(=O)CC1COCCN1)CCC(=O)O. The summed E-state index contributed by atoms with van der Waals surface area (Å²) in [6.07, 6.45) is 2.00. The summed E-state index contributed by atoms with van der Waals surface area (Å²) in [6, 6.07) is 0.101. The third kappa shape index (κ3) is 7.45. The number of carbonyl (C=O) groups excluding carboxylic acids is 1. The molecule has 1 rings (SSSR count). The smallest absolute Gasteiger partial charge is 0.303 e. The van der Waals surface area contributed by atoms with Crippen LogP contribution in [-0.2, 0) is 14.3 Å². The highest BCUT2D eigenvalue weighted by Gasteiger charge is 2.20. The molecule has 1 atom stereocenters. The van der Waals surface area contributed by atoms with Crippen molar-refractivity contribution in [3.63, 3.8) is 0 Å². The molecule has 0 aliphatic carbocycles. The molecule has 0 aromatic heterocycles. The van der Waals surface area contributed by atoms with Crippen LogP contribution in [0.2, 0.25) is 0 Å². The van der Waals surface area contributed by atoms with Crippen LogP contribution >= 0.6 is 0 Å². The number of hydrogen-bond donors (Lipinski definition) is 3. The van der Waals surface area contributed by atoms with Crippen molar-refractivity contribution in [2.45, 2.75) is 45.6 Å². The number of rotatable bonds is 8. The van der Waals surface area contributed by atoms with E-state index in [1.165, 1.54) is 0 Å². The van der Waals surface area contributed by atoms with Gasteiger partial charge in [-0.05, 0) is 18.3 Å². The molecule has 1 heterocycles. The van der Waals surface area contributed by atoms with Gasteiger partial charge in [0.2, 0.25) is 5.91 Å². The molecular weight excluding hydrogens is 260 g/mol. The minimum Gasteiger partial charge on any atom is -0.481 e. The fourth-order valence-corrected chi connectivity index (χ4v) is 2.16. The maximum Gasteiger partial charge on any atom is 0.303 e. The predicted molar refractivity (Wildman–Crippen MR) is 75.5 cm³/mol. The lowest BCUT2D eigenvalue weighted by atomic mass is 9.84. The van der Waals surface area contributed by atoms with Crippen LogP contribution in [0.25, 0.3) is 0 Å². The number of carboxylic acids is 1. The number of nitrogens with one attached hydrogen (secondary N) is 2. The summed E-state index contributed by atoms with van der Waals surface area (Å²) in [5, 5.41) is 14.8. The summed E-state index contributed by atoms with van der Waals surface area (Å²) >= 11 is 0. The number of hydrogen-bond acceptors (Lipinski definition) is 4. The molecule has 0 bridgehead atoms. The van der Waals surface area contributed by atoms with E-state index in [9.17, 15) is 9.59 Å². The van der Waals surface area contributed by atoms with Crippen molar-refractivity contribution in [1.82, 2.24) is 10.6 Å². The first kappa shape index (κ1) is 16.9. The molecule has 6 heteroatoms. The molecular formula is C14H26N2O4. The Morgan fingerprint density at radius 1 is 1.40 bits per heavy atom. The minimum absolute atomic E-state index is 0.0158. The zero-order valence-corrected chi connectivity index (χ0v) is 12.4. The van der Waals surface area contributed by atoms with Crippen LogP contribution in [0, 0.1) is 5.41 Å². The summed E-state index contributed by atoms with van der Waals surface area (Å²) < 4.78 is 5.30. The van der Waals surface area contributed by atoms with Crippen LogP contribution in [0.4, 0.5) is 0 Å². The van der Waals surface area contributed by atoms with Gasteiger partial charge in [-0.3, -0.25) is 9.59 Å². The molecule has 6 nitrogen and oxygen atoms in total. The van der Waals surface area contributed by atoms with Gasteiger partial charge in [-0.1, -0.05) is 13.8 Å². The number of carboxylic acid groups (broad SMARTS) is 1. The zero-order valence-electron chi connectivity index (χ0n) is 12.4. The first-order valence-electron chi connectivity index (χ1n) is 7.19. The van der Waals surface area contributed by atoms with Crippen molar-refractivity contribution in [3.05, 3.63) is 0 Å². The summed E-state index contributed by atoms with van der Waals surface area (Å²) in [6.45, 7) is 6.71. The summed E-state index contributed by atoms with van der Waals surface area (Å²) in [4.78, 5) is 22.3. The van der Waals surface area contributed by atoms with Crippen LogP contribution in [0.5, 0.6) is 0 Å². The van der Waals surface area contributed by atoms with Gasteiger partial charge in [-0.15, -0.1) is 0 Å². The lowest BCUT2D eigenvalue weighted by Gasteiger charge is -2.25. The Morgan fingerprint density at radius 2 is 2.15 bits per heavy atom. The zero-order chi connectivity index (χ0) is 15.0. The van der Waals surface area contributed by atoms with Crippen molar-refractivity contribution < 1.29 is 19.4 Å². The monoisotopic (exact) mass is 286 g/mol. The van der Waals surface area contributed by atoms with Crippen molar-refractivity contribution >= 4 is 11.9 Å². The first-order chi connectivity index (χ1) is 9.39. The third-order valence-electron chi connectivity index (χ3n) is 3.57. The Bertz CT molecular complexity index is 325. The van der Waals surface area contributed by atoms with E-state index >= 15 is 0 Å². The van der Waals surface area contributed by atoms with Crippen molar-refractivity contribution in [3.8, 4) is 0 Å². The fraction of sp³-hybridized carbons (Fsp3) is 0.857. The Morgan fingerprint density at radius 3 is 2.75 bits per heavy atom. The largest absolute Gasteiger partial charge is 0.481 e. The van der Waals surface area contributed by atoms with Crippen molar-refractivity contribution in [1.29, 1.82) is 0 Å². The first-order valence-corrected chi connectivity index (χ1v) is 7.19. The molecule has 1 saturated heterocycles. The van der Waals surface area contributed by atoms with Gasteiger partial charge in [0.15, 0.2) is 0 Å². The van der Waals surface area contributed by atoms with Gasteiger partial charge in [-0.25, -0.2) is 0 Å². The van der Waals surface area contributed by atoms with Gasteiger partial charge in [0, 0.05) is 32.0 Å². The van der Waals surface area contributed by atoms with E-state index in [-0.39, 0.29) is 23.8 Å². The molecule has 0 saturated carbocycles. The number of ether oxygens (including phenoxy) is 1. The average Bonchev–Trinajstić information content (AvgIpc) is 2.37. The molecule has 1 fully saturated rings.